The van der Waals surface area contributed by atoms with Crippen LogP contribution in [0.2, 0.25) is 0 Å². The maximum Gasteiger partial charge on any atom is 0.0314 e. The van der Waals surface area contributed by atoms with E-state index in [0.717, 1.165) is 24.2 Å². The summed E-state index contributed by atoms with van der Waals surface area (Å²) in [6.45, 7) is 4.53. The predicted molar refractivity (Wildman–Crippen MR) is 174 cm³/mol. The molecule has 4 rings (SSSR count). The molecule has 0 aliphatic rings. The highest BCUT2D eigenvalue weighted by Crippen LogP contribution is 2.32. The van der Waals surface area contributed by atoms with Gasteiger partial charge >= 0.3 is 0 Å². The second kappa shape index (κ2) is 15.3. The van der Waals surface area contributed by atoms with Crippen molar-refractivity contribution < 1.29 is 0 Å². The summed E-state index contributed by atoms with van der Waals surface area (Å²) in [4.78, 5) is 0. The van der Waals surface area contributed by atoms with E-state index in [2.05, 4.69) is 86.6 Å². The van der Waals surface area contributed by atoms with Crippen molar-refractivity contribution in [3.8, 4) is 0 Å². The third-order valence-corrected chi connectivity index (χ3v) is 8.32. The van der Waals surface area contributed by atoms with Crippen LogP contribution >= 0.6 is 0 Å². The fourth-order valence-corrected chi connectivity index (χ4v) is 5.82. The van der Waals surface area contributed by atoms with Crippen molar-refractivity contribution in [2.24, 2.45) is 0 Å². The van der Waals surface area contributed by atoms with Crippen molar-refractivity contribution in [3.05, 3.63) is 130 Å². The lowest BCUT2D eigenvalue weighted by atomic mass is 9.86. The van der Waals surface area contributed by atoms with Crippen molar-refractivity contribution in [2.75, 3.05) is 11.5 Å². The highest BCUT2D eigenvalue weighted by atomic mass is 14.5. The topological polar surface area (TPSA) is 52.0 Å². The molecule has 2 nitrogen and oxygen atoms in total. The molecule has 0 radical (unpaired) electrons. The minimum absolute atomic E-state index is 0.444. The molecule has 4 aromatic rings. The van der Waals surface area contributed by atoms with Crippen LogP contribution in [0.5, 0.6) is 0 Å². The Bertz CT molecular complexity index is 1150. The lowest BCUT2D eigenvalue weighted by molar-refractivity contribution is 0.649. The van der Waals surface area contributed by atoms with Crippen LogP contribution in [-0.4, -0.2) is 0 Å². The molecule has 0 heterocycles. The number of benzene rings is 4. The molecular formula is C38H48N2. The van der Waals surface area contributed by atoms with Gasteiger partial charge in [0.05, 0.1) is 0 Å². The summed E-state index contributed by atoms with van der Waals surface area (Å²) in [6.07, 6.45) is 12.0. The van der Waals surface area contributed by atoms with E-state index in [9.17, 15) is 0 Å². The average molecular weight is 533 g/mol. The van der Waals surface area contributed by atoms with Crippen LogP contribution in [-0.2, 0) is 12.8 Å². The lowest BCUT2D eigenvalue weighted by Crippen LogP contribution is -2.02. The average Bonchev–Trinajstić information content (AvgIpc) is 2.99. The maximum atomic E-state index is 5.94. The van der Waals surface area contributed by atoms with Crippen LogP contribution in [0.1, 0.15) is 110 Å². The summed E-state index contributed by atoms with van der Waals surface area (Å²) in [5.41, 5.74) is 22.0. The molecule has 0 saturated carbocycles. The van der Waals surface area contributed by atoms with Gasteiger partial charge in [-0.25, -0.2) is 0 Å². The van der Waals surface area contributed by atoms with E-state index < -0.39 is 0 Å². The normalized spacial score (nSPS) is 12.8. The van der Waals surface area contributed by atoms with Crippen molar-refractivity contribution in [3.63, 3.8) is 0 Å². The Morgan fingerprint density at radius 1 is 0.425 bits per heavy atom. The van der Waals surface area contributed by atoms with Crippen molar-refractivity contribution in [1.82, 2.24) is 0 Å². The molecule has 210 valence electrons. The number of nitrogens with two attached hydrogens (primary N) is 2. The van der Waals surface area contributed by atoms with Crippen LogP contribution in [0, 0.1) is 0 Å². The SMILES string of the molecule is CCCCC(c1ccc(N)cc1)c1ccc(CCCCc2ccc(C(CCCC)c3ccc(N)cc3)cc2)cc1. The smallest absolute Gasteiger partial charge is 0.0314 e. The quantitative estimate of drug-likeness (QED) is 0.118. The van der Waals surface area contributed by atoms with Gasteiger partial charge in [0.2, 0.25) is 0 Å². The Kier molecular flexibility index (Phi) is 11.3. The monoisotopic (exact) mass is 532 g/mol. The predicted octanol–water partition coefficient (Wildman–Crippen LogP) is 10.1. The molecule has 0 saturated heterocycles. The van der Waals surface area contributed by atoms with Gasteiger partial charge in [-0.05, 0) is 96.2 Å². The molecule has 0 amide bonds. The number of hydrogen-bond donors (Lipinski definition) is 2. The van der Waals surface area contributed by atoms with Gasteiger partial charge in [-0.2, -0.15) is 0 Å². The first-order chi connectivity index (χ1) is 19.6. The third-order valence-electron chi connectivity index (χ3n) is 8.32. The first-order valence-electron chi connectivity index (χ1n) is 15.5. The van der Waals surface area contributed by atoms with Crippen LogP contribution in [0.3, 0.4) is 0 Å². The molecule has 4 aromatic carbocycles. The highest BCUT2D eigenvalue weighted by Gasteiger charge is 2.15. The molecule has 2 heteroatoms. The Hall–Kier alpha value is -3.52. The Morgan fingerprint density at radius 3 is 1.02 bits per heavy atom. The summed E-state index contributed by atoms with van der Waals surface area (Å²) in [6, 6.07) is 35.6. The van der Waals surface area contributed by atoms with Crippen LogP contribution in [0.25, 0.3) is 0 Å². The third kappa shape index (κ3) is 8.49. The van der Waals surface area contributed by atoms with Gasteiger partial charge < -0.3 is 11.5 Å². The van der Waals surface area contributed by atoms with Gasteiger partial charge in [-0.1, -0.05) is 112 Å². The molecule has 0 aliphatic carbocycles. The summed E-state index contributed by atoms with van der Waals surface area (Å²) >= 11 is 0. The number of hydrogen-bond acceptors (Lipinski definition) is 2. The first-order valence-corrected chi connectivity index (χ1v) is 15.5. The van der Waals surface area contributed by atoms with Gasteiger partial charge in [-0.15, -0.1) is 0 Å². The van der Waals surface area contributed by atoms with E-state index >= 15 is 0 Å². The van der Waals surface area contributed by atoms with E-state index in [1.165, 1.54) is 84.7 Å². The van der Waals surface area contributed by atoms with Gasteiger partial charge in [0.1, 0.15) is 0 Å². The molecule has 40 heavy (non-hydrogen) atoms. The van der Waals surface area contributed by atoms with Gasteiger partial charge in [0.15, 0.2) is 0 Å². The van der Waals surface area contributed by atoms with Crippen LogP contribution in [0.15, 0.2) is 97.1 Å². The molecule has 2 atom stereocenters. The maximum absolute atomic E-state index is 5.94. The molecule has 0 spiro atoms. The second-order valence-corrected chi connectivity index (χ2v) is 11.4. The van der Waals surface area contributed by atoms with Crippen molar-refractivity contribution in [2.45, 2.75) is 89.9 Å². The minimum Gasteiger partial charge on any atom is -0.399 e. The summed E-state index contributed by atoms with van der Waals surface area (Å²) in [5, 5.41) is 0. The Morgan fingerprint density at radius 2 is 0.725 bits per heavy atom. The lowest BCUT2D eigenvalue weighted by Gasteiger charge is -2.19. The highest BCUT2D eigenvalue weighted by molar-refractivity contribution is 5.44. The number of rotatable bonds is 15. The van der Waals surface area contributed by atoms with E-state index in [-0.39, 0.29) is 0 Å². The zero-order chi connectivity index (χ0) is 28.2. The molecule has 4 N–H and O–H groups in total. The first kappa shape index (κ1) is 29.5. The van der Waals surface area contributed by atoms with Gasteiger partial charge in [-0.3, -0.25) is 0 Å². The standard InChI is InChI=1S/C38H48N2/c1-3-5-11-37(33-21-25-35(39)26-22-33)31-17-13-29(14-18-31)9-7-8-10-30-15-19-32(20-16-30)38(12-6-4-2)34-23-27-36(40)28-24-34/h13-28,37-38H,3-12,39-40H2,1-2H3. The minimum atomic E-state index is 0.444. The van der Waals surface area contributed by atoms with Crippen LogP contribution in [0.4, 0.5) is 11.4 Å². The summed E-state index contributed by atoms with van der Waals surface area (Å²) < 4.78 is 0. The van der Waals surface area contributed by atoms with E-state index in [4.69, 9.17) is 11.5 Å². The van der Waals surface area contributed by atoms with Crippen LogP contribution < -0.4 is 11.5 Å². The number of anilines is 2. The molecule has 0 aromatic heterocycles. The molecule has 0 fully saturated rings. The Labute approximate surface area is 242 Å². The van der Waals surface area contributed by atoms with Gasteiger partial charge in [0, 0.05) is 23.2 Å². The zero-order valence-corrected chi connectivity index (χ0v) is 24.6. The molecular weight excluding hydrogens is 484 g/mol. The van der Waals surface area contributed by atoms with Crippen molar-refractivity contribution in [1.29, 1.82) is 0 Å². The number of nitrogen functional groups attached to an aromatic ring is 2. The number of unbranched alkanes of at least 4 members (excludes halogenated alkanes) is 3. The summed E-state index contributed by atoms with van der Waals surface area (Å²) in [7, 11) is 0. The molecule has 0 bridgehead atoms. The zero-order valence-electron chi connectivity index (χ0n) is 24.6. The second-order valence-electron chi connectivity index (χ2n) is 11.4. The fraction of sp³-hybridized carbons (Fsp3) is 0.368. The summed E-state index contributed by atoms with van der Waals surface area (Å²) in [5.74, 6) is 0.887. The number of aryl methyl sites for hydroxylation is 2. The van der Waals surface area contributed by atoms with Gasteiger partial charge in [0.25, 0.3) is 0 Å². The molecule has 0 aliphatic heterocycles. The van der Waals surface area contributed by atoms with E-state index in [0.29, 0.717) is 11.8 Å². The van der Waals surface area contributed by atoms with E-state index in [1.54, 1.807) is 0 Å². The molecule has 2 unspecified atom stereocenters. The van der Waals surface area contributed by atoms with Crippen molar-refractivity contribution >= 4 is 11.4 Å². The van der Waals surface area contributed by atoms with E-state index in [1.807, 2.05) is 24.3 Å². The fourth-order valence-electron chi connectivity index (χ4n) is 5.82. The Balaban J connectivity index is 1.30. The largest absolute Gasteiger partial charge is 0.399 e.